The van der Waals surface area contributed by atoms with Crippen LogP contribution in [0.1, 0.15) is 60.8 Å². The molecule has 2 heteroatoms. The minimum absolute atomic E-state index is 0.484. The average Bonchev–Trinajstić information content (AvgIpc) is 2.58. The third kappa shape index (κ3) is 6.92. The van der Waals surface area contributed by atoms with Gasteiger partial charge in [0.1, 0.15) is 0 Å². The molecule has 0 aromatic carbocycles. The van der Waals surface area contributed by atoms with Crippen LogP contribution in [0.3, 0.4) is 0 Å². The lowest BCUT2D eigenvalue weighted by Gasteiger charge is -2.42. The maximum Gasteiger partial charge on any atom is 0.0566 e. The number of allylic oxidation sites excluding steroid dienone is 2. The van der Waals surface area contributed by atoms with E-state index in [0.717, 1.165) is 13.0 Å². The van der Waals surface area contributed by atoms with Crippen molar-refractivity contribution in [3.63, 3.8) is 0 Å². The molecule has 0 aromatic heterocycles. The van der Waals surface area contributed by atoms with Crippen molar-refractivity contribution >= 4 is 0 Å². The van der Waals surface area contributed by atoms with Crippen molar-refractivity contribution in [2.45, 2.75) is 66.8 Å². The van der Waals surface area contributed by atoms with Gasteiger partial charge in [0.25, 0.3) is 0 Å². The predicted octanol–water partition coefficient (Wildman–Crippen LogP) is 6.19. The molecule has 0 aromatic rings. The summed E-state index contributed by atoms with van der Waals surface area (Å²) in [5.41, 5.74) is 2.37. The molecule has 0 saturated carbocycles. The van der Waals surface area contributed by atoms with Crippen LogP contribution in [-0.4, -0.2) is 36.5 Å². The Hall–Kier alpha value is -1.18. The molecule has 2 nitrogen and oxygen atoms in total. The molecule has 0 aliphatic heterocycles. The van der Waals surface area contributed by atoms with Crippen LogP contribution in [0.5, 0.6) is 0 Å². The van der Waals surface area contributed by atoms with E-state index < -0.39 is 0 Å². The van der Waals surface area contributed by atoms with E-state index in [1.807, 2.05) is 0 Å². The van der Waals surface area contributed by atoms with E-state index in [2.05, 4.69) is 91.3 Å². The summed E-state index contributed by atoms with van der Waals surface area (Å²) in [6, 6.07) is 0.504. The average molecular weight is 349 g/mol. The van der Waals surface area contributed by atoms with Crippen LogP contribution in [0.25, 0.3) is 0 Å². The van der Waals surface area contributed by atoms with Gasteiger partial charge in [-0.3, -0.25) is 0 Å². The van der Waals surface area contributed by atoms with Crippen molar-refractivity contribution in [2.75, 3.05) is 20.6 Å². The fourth-order valence-electron chi connectivity index (χ4n) is 3.60. The third-order valence-electron chi connectivity index (χ3n) is 6.09. The molecule has 0 heterocycles. The van der Waals surface area contributed by atoms with E-state index in [1.54, 1.807) is 0 Å². The van der Waals surface area contributed by atoms with E-state index in [9.17, 15) is 0 Å². The smallest absolute Gasteiger partial charge is 0.0566 e. The van der Waals surface area contributed by atoms with Gasteiger partial charge in [0, 0.05) is 31.5 Å². The zero-order valence-corrected chi connectivity index (χ0v) is 18.3. The van der Waals surface area contributed by atoms with Gasteiger partial charge in [-0.15, -0.1) is 6.58 Å². The van der Waals surface area contributed by atoms with Crippen LogP contribution >= 0.6 is 0 Å². The molecule has 0 spiro atoms. The molecule has 25 heavy (non-hydrogen) atoms. The number of rotatable bonds is 13. The van der Waals surface area contributed by atoms with Crippen molar-refractivity contribution in [2.24, 2.45) is 23.7 Å². The van der Waals surface area contributed by atoms with Gasteiger partial charge < -0.3 is 9.80 Å². The summed E-state index contributed by atoms with van der Waals surface area (Å²) in [5.74, 6) is 2.34. The second-order valence-electron chi connectivity index (χ2n) is 8.13. The van der Waals surface area contributed by atoms with Gasteiger partial charge in [-0.05, 0) is 30.1 Å². The zero-order chi connectivity index (χ0) is 19.7. The van der Waals surface area contributed by atoms with Gasteiger partial charge in [0.05, 0.1) is 6.54 Å². The van der Waals surface area contributed by atoms with Crippen molar-refractivity contribution in [3.8, 4) is 0 Å². The van der Waals surface area contributed by atoms with Gasteiger partial charge in [0.2, 0.25) is 0 Å². The Labute approximate surface area is 158 Å². The van der Waals surface area contributed by atoms with Crippen molar-refractivity contribution in [3.05, 3.63) is 37.2 Å². The highest BCUT2D eigenvalue weighted by atomic mass is 15.2. The van der Waals surface area contributed by atoms with E-state index in [1.165, 1.54) is 24.2 Å². The summed E-state index contributed by atoms with van der Waals surface area (Å²) in [7, 11) is 4.35. The second kappa shape index (κ2) is 11.4. The monoisotopic (exact) mass is 348 g/mol. The lowest BCUT2D eigenvalue weighted by molar-refractivity contribution is 0.141. The summed E-state index contributed by atoms with van der Waals surface area (Å²) in [5, 5.41) is 0. The Morgan fingerprint density at radius 3 is 1.96 bits per heavy atom. The number of hydrogen-bond acceptors (Lipinski definition) is 2. The molecular formula is C23H44N2. The SMILES string of the molecule is C=CC[C@@H](CC)C(C(C)CC)N(C)C(=C)CN(C)C(=C)C(C)C(C)C. The molecule has 0 fully saturated rings. The first kappa shape index (κ1) is 23.8. The maximum absolute atomic E-state index is 4.41. The molecule has 0 saturated heterocycles. The molecule has 146 valence electrons. The Bertz CT molecular complexity index is 424. The van der Waals surface area contributed by atoms with Crippen LogP contribution in [0, 0.1) is 23.7 Å². The van der Waals surface area contributed by atoms with E-state index in [0.29, 0.717) is 29.7 Å². The minimum atomic E-state index is 0.484. The van der Waals surface area contributed by atoms with Gasteiger partial charge in [-0.2, -0.15) is 0 Å². The van der Waals surface area contributed by atoms with E-state index in [4.69, 9.17) is 0 Å². The van der Waals surface area contributed by atoms with E-state index in [-0.39, 0.29) is 0 Å². The Morgan fingerprint density at radius 1 is 1.00 bits per heavy atom. The van der Waals surface area contributed by atoms with E-state index >= 15 is 0 Å². The molecular weight excluding hydrogens is 304 g/mol. The third-order valence-corrected chi connectivity index (χ3v) is 6.09. The Morgan fingerprint density at radius 2 is 1.56 bits per heavy atom. The molecule has 0 rings (SSSR count). The lowest BCUT2D eigenvalue weighted by Crippen LogP contribution is -2.44. The molecule has 0 aliphatic rings. The first-order chi connectivity index (χ1) is 11.6. The van der Waals surface area contributed by atoms with Gasteiger partial charge in [-0.25, -0.2) is 0 Å². The highest BCUT2D eigenvalue weighted by Gasteiger charge is 2.29. The predicted molar refractivity (Wildman–Crippen MR) is 115 cm³/mol. The Kier molecular flexibility index (Phi) is 10.9. The summed E-state index contributed by atoms with van der Waals surface area (Å²) in [6.07, 6.45) is 5.49. The fraction of sp³-hybridized carbons (Fsp3) is 0.739. The standard InChI is InChI=1S/C23H44N2/c1-12-15-22(14-3)23(18(6)13-2)25(11)19(7)16-24(10)21(9)20(8)17(4)5/h12,17-18,20,22-23H,1,7,9,13-16H2,2-6,8,10-11H3/t18?,20?,22-,23?/m1/s1. The largest absolute Gasteiger partial charge is 0.373 e. The molecule has 3 unspecified atom stereocenters. The number of nitrogens with zero attached hydrogens (tertiary/aromatic N) is 2. The summed E-state index contributed by atoms with van der Waals surface area (Å²) < 4.78 is 0. The van der Waals surface area contributed by atoms with Gasteiger partial charge >= 0.3 is 0 Å². The molecule has 0 bridgehead atoms. The van der Waals surface area contributed by atoms with Crippen molar-refractivity contribution in [1.29, 1.82) is 0 Å². The highest BCUT2D eigenvalue weighted by molar-refractivity contribution is 5.07. The summed E-state index contributed by atoms with van der Waals surface area (Å²) in [4.78, 5) is 4.70. The quantitative estimate of drug-likeness (QED) is 0.366. The summed E-state index contributed by atoms with van der Waals surface area (Å²) in [6.45, 7) is 27.2. The summed E-state index contributed by atoms with van der Waals surface area (Å²) >= 11 is 0. The zero-order valence-electron chi connectivity index (χ0n) is 18.3. The lowest BCUT2D eigenvalue weighted by atomic mass is 9.83. The van der Waals surface area contributed by atoms with Gasteiger partial charge in [0.15, 0.2) is 0 Å². The van der Waals surface area contributed by atoms with Gasteiger partial charge in [-0.1, -0.05) is 73.6 Å². The van der Waals surface area contributed by atoms with Crippen molar-refractivity contribution < 1.29 is 0 Å². The first-order valence-electron chi connectivity index (χ1n) is 10.0. The minimum Gasteiger partial charge on any atom is -0.373 e. The van der Waals surface area contributed by atoms with Crippen LogP contribution in [-0.2, 0) is 0 Å². The topological polar surface area (TPSA) is 6.48 Å². The van der Waals surface area contributed by atoms with Crippen LogP contribution in [0.15, 0.2) is 37.2 Å². The highest BCUT2D eigenvalue weighted by Crippen LogP contribution is 2.29. The van der Waals surface area contributed by atoms with Crippen LogP contribution in [0.2, 0.25) is 0 Å². The number of likely N-dealkylation sites (N-methyl/N-ethyl adjacent to an activating group) is 2. The van der Waals surface area contributed by atoms with Crippen molar-refractivity contribution in [1.82, 2.24) is 9.80 Å². The normalized spacial score (nSPS) is 16.0. The molecule has 0 radical (unpaired) electrons. The number of hydrogen-bond donors (Lipinski definition) is 0. The molecule has 0 N–H and O–H groups in total. The molecule has 0 aliphatic carbocycles. The maximum atomic E-state index is 4.41. The molecule has 4 atom stereocenters. The van der Waals surface area contributed by atoms with Crippen LogP contribution < -0.4 is 0 Å². The van der Waals surface area contributed by atoms with Crippen LogP contribution in [0.4, 0.5) is 0 Å². The second-order valence-corrected chi connectivity index (χ2v) is 8.13. The molecule has 0 amide bonds. The fourth-order valence-corrected chi connectivity index (χ4v) is 3.60. The first-order valence-corrected chi connectivity index (χ1v) is 10.0. The Balaban J connectivity index is 5.17.